The number of ether oxygens (including phenoxy) is 1. The van der Waals surface area contributed by atoms with Crippen molar-refractivity contribution in [2.75, 3.05) is 6.54 Å². The number of hydrogen-bond donors (Lipinski definition) is 1. The minimum Gasteiger partial charge on any atom is -0.488 e. The van der Waals surface area contributed by atoms with E-state index >= 15 is 0 Å². The highest BCUT2D eigenvalue weighted by Gasteiger charge is 2.26. The molecule has 1 rings (SSSR count). The number of nitrogens with two attached hydrogens (primary N) is 1. The van der Waals surface area contributed by atoms with Crippen molar-refractivity contribution in [2.45, 2.75) is 53.6 Å². The Balaban J connectivity index is 3.10. The first-order chi connectivity index (χ1) is 8.66. The molecule has 1 atom stereocenters. The lowest BCUT2D eigenvalue weighted by molar-refractivity contribution is 0.0933. The van der Waals surface area contributed by atoms with Crippen molar-refractivity contribution in [3.8, 4) is 5.75 Å². The molecule has 0 bridgehead atoms. The van der Waals surface area contributed by atoms with Gasteiger partial charge >= 0.3 is 0 Å². The third kappa shape index (κ3) is 4.12. The fraction of sp³-hybridized carbons (Fsp3) is 0.625. The summed E-state index contributed by atoms with van der Waals surface area (Å²) in [6.07, 6.45) is -0.00705. The predicted octanol–water partition coefficient (Wildman–Crippen LogP) is 4.52. The molecular formula is C16H26ClNO. The maximum absolute atomic E-state index is 6.28. The summed E-state index contributed by atoms with van der Waals surface area (Å²) >= 11 is 6.28. The van der Waals surface area contributed by atoms with Crippen molar-refractivity contribution in [3.63, 3.8) is 0 Å². The zero-order valence-electron chi connectivity index (χ0n) is 12.9. The quantitative estimate of drug-likeness (QED) is 0.881. The van der Waals surface area contributed by atoms with Gasteiger partial charge in [0.05, 0.1) is 0 Å². The van der Waals surface area contributed by atoms with Gasteiger partial charge in [-0.25, -0.2) is 0 Å². The molecule has 0 aliphatic carbocycles. The van der Waals surface area contributed by atoms with Gasteiger partial charge in [0.2, 0.25) is 0 Å². The lowest BCUT2D eigenvalue weighted by atomic mass is 9.89. The van der Waals surface area contributed by atoms with Gasteiger partial charge in [-0.15, -0.1) is 0 Å². The molecule has 0 saturated carbocycles. The van der Waals surface area contributed by atoms with E-state index in [1.54, 1.807) is 0 Å². The predicted molar refractivity (Wildman–Crippen MR) is 83.2 cm³/mol. The van der Waals surface area contributed by atoms with E-state index in [1.807, 2.05) is 13.0 Å². The number of rotatable bonds is 4. The summed E-state index contributed by atoms with van der Waals surface area (Å²) in [6.45, 7) is 13.2. The number of aryl methyl sites for hydroxylation is 1. The minimum absolute atomic E-state index is 0.00705. The first-order valence-corrected chi connectivity index (χ1v) is 7.21. The van der Waals surface area contributed by atoms with Gasteiger partial charge in [0.25, 0.3) is 0 Å². The number of halogens is 1. The highest BCUT2D eigenvalue weighted by atomic mass is 35.5. The van der Waals surface area contributed by atoms with Crippen molar-refractivity contribution in [1.82, 2.24) is 0 Å². The van der Waals surface area contributed by atoms with E-state index in [2.05, 4.69) is 40.7 Å². The summed E-state index contributed by atoms with van der Waals surface area (Å²) in [6, 6.07) is 4.03. The largest absolute Gasteiger partial charge is 0.488 e. The molecule has 2 nitrogen and oxygen atoms in total. The van der Waals surface area contributed by atoms with Gasteiger partial charge in [-0.3, -0.25) is 0 Å². The smallest absolute Gasteiger partial charge is 0.123 e. The van der Waals surface area contributed by atoms with E-state index in [9.17, 15) is 0 Å². The molecule has 0 radical (unpaired) electrons. The van der Waals surface area contributed by atoms with E-state index in [0.717, 1.165) is 21.9 Å². The molecule has 19 heavy (non-hydrogen) atoms. The lowest BCUT2D eigenvalue weighted by Gasteiger charge is -2.31. The highest BCUT2D eigenvalue weighted by molar-refractivity contribution is 6.31. The molecule has 0 saturated heterocycles. The van der Waals surface area contributed by atoms with Crippen LogP contribution in [0.4, 0.5) is 0 Å². The molecule has 0 amide bonds. The molecule has 0 aliphatic heterocycles. The van der Waals surface area contributed by atoms with E-state index < -0.39 is 0 Å². The summed E-state index contributed by atoms with van der Waals surface area (Å²) in [5.74, 6) is 1.26. The normalized spacial score (nSPS) is 13.7. The summed E-state index contributed by atoms with van der Waals surface area (Å²) in [5, 5.41) is 0.805. The Bertz CT molecular complexity index is 435. The topological polar surface area (TPSA) is 35.2 Å². The summed E-state index contributed by atoms with van der Waals surface area (Å²) in [5.41, 5.74) is 8.02. The van der Waals surface area contributed by atoms with Gasteiger partial charge in [0.15, 0.2) is 0 Å². The average Bonchev–Trinajstić information content (AvgIpc) is 2.25. The summed E-state index contributed by atoms with van der Waals surface area (Å²) < 4.78 is 6.12. The Hall–Kier alpha value is -0.730. The molecular weight excluding hydrogens is 258 g/mol. The van der Waals surface area contributed by atoms with Gasteiger partial charge < -0.3 is 10.5 Å². The summed E-state index contributed by atoms with van der Waals surface area (Å²) in [4.78, 5) is 0. The monoisotopic (exact) mass is 283 g/mol. The Morgan fingerprint density at radius 2 is 1.84 bits per heavy atom. The second kappa shape index (κ2) is 6.15. The van der Waals surface area contributed by atoms with Crippen molar-refractivity contribution < 1.29 is 4.74 Å². The van der Waals surface area contributed by atoms with Gasteiger partial charge in [0, 0.05) is 17.0 Å². The van der Waals surface area contributed by atoms with Crippen molar-refractivity contribution in [3.05, 3.63) is 28.3 Å². The highest BCUT2D eigenvalue weighted by Crippen LogP contribution is 2.33. The van der Waals surface area contributed by atoms with Gasteiger partial charge in [-0.05, 0) is 36.1 Å². The van der Waals surface area contributed by atoms with Crippen LogP contribution in [-0.4, -0.2) is 12.6 Å². The summed E-state index contributed by atoms with van der Waals surface area (Å²) in [7, 11) is 0. The van der Waals surface area contributed by atoms with Crippen LogP contribution in [0.15, 0.2) is 12.1 Å². The Labute approximate surface area is 122 Å². The minimum atomic E-state index is -0.00705. The fourth-order valence-electron chi connectivity index (χ4n) is 1.97. The van der Waals surface area contributed by atoms with E-state index in [4.69, 9.17) is 22.1 Å². The van der Waals surface area contributed by atoms with Gasteiger partial charge in [-0.2, -0.15) is 0 Å². The maximum atomic E-state index is 6.28. The van der Waals surface area contributed by atoms with Crippen LogP contribution in [0.3, 0.4) is 0 Å². The molecule has 0 aliphatic rings. The molecule has 108 valence electrons. The Kier molecular flexibility index (Phi) is 5.28. The first-order valence-electron chi connectivity index (χ1n) is 6.83. The second-order valence-electron chi connectivity index (χ2n) is 6.50. The molecule has 1 unspecified atom stereocenters. The van der Waals surface area contributed by atoms with Crippen LogP contribution in [0, 0.1) is 12.3 Å². The van der Waals surface area contributed by atoms with E-state index in [1.165, 1.54) is 0 Å². The van der Waals surface area contributed by atoms with Crippen molar-refractivity contribution in [2.24, 2.45) is 11.1 Å². The molecule has 3 heteroatoms. The molecule has 1 aromatic carbocycles. The zero-order valence-corrected chi connectivity index (χ0v) is 13.6. The standard InChI is InChI=1S/C16H26ClNO/c1-10(2)12-8-14(11(3)7-13(12)17)19-15(9-18)16(4,5)6/h7-8,10,15H,9,18H2,1-6H3. The van der Waals surface area contributed by atoms with Crippen LogP contribution < -0.4 is 10.5 Å². The number of benzene rings is 1. The zero-order chi connectivity index (χ0) is 14.8. The third-order valence-corrected chi connectivity index (χ3v) is 3.69. The molecule has 0 aromatic heterocycles. The molecule has 2 N–H and O–H groups in total. The van der Waals surface area contributed by atoms with Crippen molar-refractivity contribution in [1.29, 1.82) is 0 Å². The maximum Gasteiger partial charge on any atom is 0.123 e. The van der Waals surface area contributed by atoms with Crippen LogP contribution in [-0.2, 0) is 0 Å². The van der Waals surface area contributed by atoms with Crippen LogP contribution in [0.5, 0.6) is 5.75 Å². The SMILES string of the molecule is Cc1cc(Cl)c(C(C)C)cc1OC(CN)C(C)(C)C. The fourth-order valence-corrected chi connectivity index (χ4v) is 2.41. The third-order valence-electron chi connectivity index (χ3n) is 3.37. The van der Waals surface area contributed by atoms with Gasteiger partial charge in [0.1, 0.15) is 11.9 Å². The molecule has 0 fully saturated rings. The van der Waals surface area contributed by atoms with Crippen molar-refractivity contribution >= 4 is 11.6 Å². The molecule has 0 heterocycles. The molecule has 1 aromatic rings. The van der Waals surface area contributed by atoms with Crippen LogP contribution in [0.25, 0.3) is 0 Å². The molecule has 0 spiro atoms. The first kappa shape index (κ1) is 16.3. The average molecular weight is 284 g/mol. The second-order valence-corrected chi connectivity index (χ2v) is 6.91. The number of hydrogen-bond acceptors (Lipinski definition) is 2. The van der Waals surface area contributed by atoms with Crippen LogP contribution >= 0.6 is 11.6 Å². The Morgan fingerprint density at radius 1 is 1.26 bits per heavy atom. The lowest BCUT2D eigenvalue weighted by Crippen LogP contribution is -2.38. The van der Waals surface area contributed by atoms with Crippen LogP contribution in [0.2, 0.25) is 5.02 Å². The van der Waals surface area contributed by atoms with E-state index in [0.29, 0.717) is 12.5 Å². The van der Waals surface area contributed by atoms with E-state index in [-0.39, 0.29) is 11.5 Å². The Morgan fingerprint density at radius 3 is 2.26 bits per heavy atom. The van der Waals surface area contributed by atoms with Crippen LogP contribution in [0.1, 0.15) is 51.7 Å². The van der Waals surface area contributed by atoms with Gasteiger partial charge in [-0.1, -0.05) is 46.2 Å².